The van der Waals surface area contributed by atoms with Gasteiger partial charge < -0.3 is 10.1 Å². The molecule has 1 amide bonds. The van der Waals surface area contributed by atoms with Crippen LogP contribution in [-0.4, -0.2) is 21.4 Å². The summed E-state index contributed by atoms with van der Waals surface area (Å²) in [4.78, 5) is 11.7. The molecular weight excluding hydrogens is 290 g/mol. The van der Waals surface area contributed by atoms with Crippen molar-refractivity contribution < 1.29 is 17.9 Å². The monoisotopic (exact) mass is 303 g/mol. The smallest absolute Gasteiger partial charge is 0.261 e. The summed E-state index contributed by atoms with van der Waals surface area (Å²) < 4.78 is 27.6. The number of anilines is 1. The van der Waals surface area contributed by atoms with Crippen LogP contribution in [0.2, 0.25) is 0 Å². The Hall–Kier alpha value is -1.27. The molecule has 1 aliphatic rings. The Labute approximate surface area is 116 Å². The van der Waals surface area contributed by atoms with Crippen molar-refractivity contribution in [1.29, 1.82) is 0 Å². The fourth-order valence-corrected chi connectivity index (χ4v) is 2.50. The molecule has 1 saturated carbocycles. The molecule has 0 bridgehead atoms. The number of methoxy groups -OCH3 is 1. The van der Waals surface area contributed by atoms with Crippen molar-refractivity contribution in [3.05, 3.63) is 18.2 Å². The lowest BCUT2D eigenvalue weighted by atomic mass is 10.2. The van der Waals surface area contributed by atoms with E-state index >= 15 is 0 Å². The highest BCUT2D eigenvalue weighted by atomic mass is 35.7. The van der Waals surface area contributed by atoms with Gasteiger partial charge in [0.15, 0.2) is 0 Å². The molecular formula is C12H14ClNO4S. The summed E-state index contributed by atoms with van der Waals surface area (Å²) in [5.74, 6) is 0.698. The van der Waals surface area contributed by atoms with Crippen molar-refractivity contribution in [2.24, 2.45) is 5.92 Å². The van der Waals surface area contributed by atoms with E-state index in [1.807, 2.05) is 0 Å². The molecule has 1 aromatic rings. The van der Waals surface area contributed by atoms with Crippen LogP contribution in [0.4, 0.5) is 5.69 Å². The topological polar surface area (TPSA) is 72.5 Å². The van der Waals surface area contributed by atoms with Crippen molar-refractivity contribution in [2.45, 2.75) is 24.2 Å². The molecule has 5 nitrogen and oxygen atoms in total. The first-order valence-electron chi connectivity index (χ1n) is 5.82. The molecule has 19 heavy (non-hydrogen) atoms. The second-order valence-corrected chi connectivity index (χ2v) is 7.06. The molecule has 1 N–H and O–H groups in total. The first-order chi connectivity index (χ1) is 8.90. The molecule has 1 aromatic carbocycles. The van der Waals surface area contributed by atoms with Crippen LogP contribution in [0, 0.1) is 5.92 Å². The quantitative estimate of drug-likeness (QED) is 0.848. The van der Waals surface area contributed by atoms with Crippen molar-refractivity contribution in [3.63, 3.8) is 0 Å². The van der Waals surface area contributed by atoms with Crippen molar-refractivity contribution in [3.8, 4) is 5.75 Å². The summed E-state index contributed by atoms with van der Waals surface area (Å²) in [6, 6.07) is 4.09. The first-order valence-corrected chi connectivity index (χ1v) is 8.13. The van der Waals surface area contributed by atoms with E-state index in [0.717, 1.165) is 12.8 Å². The molecule has 0 aromatic heterocycles. The zero-order chi connectivity index (χ0) is 14.0. The van der Waals surface area contributed by atoms with Gasteiger partial charge in [0.05, 0.1) is 17.7 Å². The highest BCUT2D eigenvalue weighted by Crippen LogP contribution is 2.34. The van der Waals surface area contributed by atoms with Gasteiger partial charge in [-0.1, -0.05) is 0 Å². The highest BCUT2D eigenvalue weighted by Gasteiger charge is 2.25. The number of halogens is 1. The van der Waals surface area contributed by atoms with Crippen LogP contribution in [0.3, 0.4) is 0 Å². The maximum Gasteiger partial charge on any atom is 0.261 e. The zero-order valence-corrected chi connectivity index (χ0v) is 11.9. The molecule has 7 heteroatoms. The fraction of sp³-hybridized carbons (Fsp3) is 0.417. The van der Waals surface area contributed by atoms with E-state index in [9.17, 15) is 13.2 Å². The largest absolute Gasteiger partial charge is 0.495 e. The lowest BCUT2D eigenvalue weighted by molar-refractivity contribution is -0.116. The number of nitrogens with one attached hydrogen (secondary N) is 1. The van der Waals surface area contributed by atoms with Crippen LogP contribution in [0.5, 0.6) is 5.75 Å². The van der Waals surface area contributed by atoms with E-state index in [-0.39, 0.29) is 10.8 Å². The molecule has 0 unspecified atom stereocenters. The van der Waals surface area contributed by atoms with Gasteiger partial charge in [-0.2, -0.15) is 0 Å². The van der Waals surface area contributed by atoms with Crippen molar-refractivity contribution >= 4 is 31.3 Å². The lowest BCUT2D eigenvalue weighted by Gasteiger charge is -2.11. The molecule has 0 heterocycles. The number of hydrogen-bond acceptors (Lipinski definition) is 4. The van der Waals surface area contributed by atoms with Gasteiger partial charge in [-0.05, 0) is 37.0 Å². The van der Waals surface area contributed by atoms with Gasteiger partial charge in [0.1, 0.15) is 5.75 Å². The molecule has 0 atom stereocenters. The summed E-state index contributed by atoms with van der Waals surface area (Å²) in [5.41, 5.74) is 0.315. The third-order valence-corrected chi connectivity index (χ3v) is 4.25. The number of hydrogen-bond donors (Lipinski definition) is 1. The maximum atomic E-state index is 11.7. The molecule has 1 aliphatic carbocycles. The summed E-state index contributed by atoms with van der Waals surface area (Å²) in [6.45, 7) is 0. The Morgan fingerprint density at radius 3 is 2.68 bits per heavy atom. The Kier molecular flexibility index (Phi) is 4.01. The normalized spacial score (nSPS) is 15.1. The number of ether oxygens (including phenoxy) is 1. The SMILES string of the molecule is COc1ccc(S(=O)(=O)Cl)cc1NC(=O)CC1CC1. The van der Waals surface area contributed by atoms with E-state index in [1.54, 1.807) is 0 Å². The lowest BCUT2D eigenvalue weighted by Crippen LogP contribution is -2.13. The second kappa shape index (κ2) is 5.38. The second-order valence-electron chi connectivity index (χ2n) is 4.50. The minimum Gasteiger partial charge on any atom is -0.495 e. The van der Waals surface area contributed by atoms with Gasteiger partial charge in [0.25, 0.3) is 9.05 Å². The third-order valence-electron chi connectivity index (χ3n) is 2.90. The van der Waals surface area contributed by atoms with Gasteiger partial charge in [-0.25, -0.2) is 8.42 Å². The van der Waals surface area contributed by atoms with Crippen LogP contribution in [0.25, 0.3) is 0 Å². The van der Waals surface area contributed by atoms with E-state index in [4.69, 9.17) is 15.4 Å². The molecule has 0 saturated heterocycles. The van der Waals surface area contributed by atoms with Gasteiger partial charge in [-0.15, -0.1) is 0 Å². The van der Waals surface area contributed by atoms with Crippen LogP contribution >= 0.6 is 10.7 Å². The van der Waals surface area contributed by atoms with Crippen LogP contribution in [0.15, 0.2) is 23.1 Å². The Bertz CT molecular complexity index is 596. The predicted octanol–water partition coefficient (Wildman–Crippen LogP) is 2.36. The fourth-order valence-electron chi connectivity index (χ4n) is 1.72. The molecule has 1 fully saturated rings. The van der Waals surface area contributed by atoms with Gasteiger partial charge in [0.2, 0.25) is 5.91 Å². The standard InChI is InChI=1S/C12H14ClNO4S/c1-18-11-5-4-9(19(13,16)17)7-10(11)14-12(15)6-8-2-3-8/h4-5,7-8H,2-3,6H2,1H3,(H,14,15). The average Bonchev–Trinajstić information content (AvgIpc) is 3.11. The minimum atomic E-state index is -3.83. The van der Waals surface area contributed by atoms with Crippen LogP contribution in [0.1, 0.15) is 19.3 Å². The number of benzene rings is 1. The first kappa shape index (κ1) is 14.1. The molecule has 104 valence electrons. The summed E-state index contributed by atoms with van der Waals surface area (Å²) >= 11 is 0. The van der Waals surface area contributed by atoms with Crippen molar-refractivity contribution in [1.82, 2.24) is 0 Å². The predicted molar refractivity (Wildman–Crippen MR) is 72.0 cm³/mol. The van der Waals surface area contributed by atoms with Crippen molar-refractivity contribution in [2.75, 3.05) is 12.4 Å². The van der Waals surface area contributed by atoms with E-state index < -0.39 is 9.05 Å². The molecule has 0 aliphatic heterocycles. The summed E-state index contributed by atoms with van der Waals surface area (Å²) in [5, 5.41) is 2.66. The Balaban J connectivity index is 2.22. The van der Waals surface area contributed by atoms with Gasteiger partial charge >= 0.3 is 0 Å². The number of amides is 1. The van der Waals surface area contributed by atoms with Gasteiger partial charge in [0, 0.05) is 17.1 Å². The number of carbonyl (C=O) groups is 1. The van der Waals surface area contributed by atoms with E-state index in [2.05, 4.69) is 5.32 Å². The highest BCUT2D eigenvalue weighted by molar-refractivity contribution is 8.13. The molecule has 2 rings (SSSR count). The Morgan fingerprint density at radius 1 is 1.47 bits per heavy atom. The molecule has 0 radical (unpaired) electrons. The summed E-state index contributed by atoms with van der Waals surface area (Å²) in [6.07, 6.45) is 2.59. The van der Waals surface area contributed by atoms with Crippen LogP contribution in [-0.2, 0) is 13.8 Å². The zero-order valence-electron chi connectivity index (χ0n) is 10.3. The minimum absolute atomic E-state index is 0.0725. The maximum absolute atomic E-state index is 11.7. The molecule has 0 spiro atoms. The third kappa shape index (κ3) is 3.84. The van der Waals surface area contributed by atoms with E-state index in [1.165, 1.54) is 25.3 Å². The van der Waals surface area contributed by atoms with Crippen LogP contribution < -0.4 is 10.1 Å². The van der Waals surface area contributed by atoms with E-state index in [0.29, 0.717) is 23.8 Å². The number of carbonyl (C=O) groups excluding carboxylic acids is 1. The average molecular weight is 304 g/mol. The summed E-state index contributed by atoms with van der Waals surface area (Å²) in [7, 11) is 2.89. The number of rotatable bonds is 5. The van der Waals surface area contributed by atoms with Gasteiger partial charge in [-0.3, -0.25) is 4.79 Å². The Morgan fingerprint density at radius 2 is 2.16 bits per heavy atom.